The molecule has 1 atom stereocenters. The van der Waals surface area contributed by atoms with E-state index in [1.54, 1.807) is 12.1 Å². The van der Waals surface area contributed by atoms with Crippen LogP contribution in [0.2, 0.25) is 0 Å². The summed E-state index contributed by atoms with van der Waals surface area (Å²) in [4.78, 5) is 0. The summed E-state index contributed by atoms with van der Waals surface area (Å²) in [5.41, 5.74) is 1.25. The highest BCUT2D eigenvalue weighted by Crippen LogP contribution is 2.30. The molecule has 0 bridgehead atoms. The van der Waals surface area contributed by atoms with E-state index in [0.717, 1.165) is 12.0 Å². The van der Waals surface area contributed by atoms with Gasteiger partial charge in [0, 0.05) is 11.6 Å². The molecular formula is C13H18FN. The van der Waals surface area contributed by atoms with E-state index in [0.29, 0.717) is 6.04 Å². The van der Waals surface area contributed by atoms with Gasteiger partial charge < -0.3 is 5.32 Å². The zero-order chi connectivity index (χ0) is 10.9. The average Bonchev–Trinajstić information content (AvgIpc) is 2.16. The van der Waals surface area contributed by atoms with Crippen LogP contribution >= 0.6 is 0 Å². The molecule has 2 heteroatoms. The molecule has 1 aliphatic heterocycles. The van der Waals surface area contributed by atoms with Gasteiger partial charge in [0.2, 0.25) is 0 Å². The molecule has 0 saturated carbocycles. The topological polar surface area (TPSA) is 12.0 Å². The average molecular weight is 207 g/mol. The van der Waals surface area contributed by atoms with Crippen LogP contribution in [0.25, 0.3) is 0 Å². The number of hydrogen-bond donors (Lipinski definition) is 1. The SMILES string of the molecule is CC1(C)CCCC(c2cccc(F)c2)N1. The van der Waals surface area contributed by atoms with Gasteiger partial charge in [-0.15, -0.1) is 0 Å². The number of halogens is 1. The predicted molar refractivity (Wildman–Crippen MR) is 60.2 cm³/mol. The van der Waals surface area contributed by atoms with Crippen molar-refractivity contribution < 1.29 is 4.39 Å². The third-order valence-corrected chi connectivity index (χ3v) is 3.11. The molecular weight excluding hydrogens is 189 g/mol. The predicted octanol–water partition coefficient (Wildman–Crippen LogP) is 3.42. The van der Waals surface area contributed by atoms with Gasteiger partial charge in [0.05, 0.1) is 0 Å². The lowest BCUT2D eigenvalue weighted by molar-refractivity contribution is 0.245. The maximum absolute atomic E-state index is 13.1. The van der Waals surface area contributed by atoms with Crippen LogP contribution in [0, 0.1) is 5.82 Å². The van der Waals surface area contributed by atoms with E-state index in [1.807, 2.05) is 6.07 Å². The molecule has 0 radical (unpaired) electrons. The fourth-order valence-electron chi connectivity index (χ4n) is 2.34. The van der Waals surface area contributed by atoms with Crippen molar-refractivity contribution in [3.05, 3.63) is 35.6 Å². The van der Waals surface area contributed by atoms with Crippen LogP contribution in [0.1, 0.15) is 44.7 Å². The zero-order valence-electron chi connectivity index (χ0n) is 9.39. The highest BCUT2D eigenvalue weighted by atomic mass is 19.1. The van der Waals surface area contributed by atoms with Crippen molar-refractivity contribution in [3.63, 3.8) is 0 Å². The Balaban J connectivity index is 2.17. The van der Waals surface area contributed by atoms with Crippen LogP contribution in [-0.2, 0) is 0 Å². The molecule has 1 aromatic rings. The summed E-state index contributed by atoms with van der Waals surface area (Å²) in [7, 11) is 0. The molecule has 82 valence electrons. The van der Waals surface area contributed by atoms with Gasteiger partial charge in [-0.2, -0.15) is 0 Å². The third-order valence-electron chi connectivity index (χ3n) is 3.11. The summed E-state index contributed by atoms with van der Waals surface area (Å²) in [6.07, 6.45) is 3.51. The number of benzene rings is 1. The Kier molecular flexibility index (Phi) is 2.79. The molecule has 1 nitrogen and oxygen atoms in total. The Morgan fingerprint density at radius 3 is 2.87 bits per heavy atom. The first kappa shape index (κ1) is 10.6. The van der Waals surface area contributed by atoms with Crippen LogP contribution in [0.5, 0.6) is 0 Å². The van der Waals surface area contributed by atoms with Crippen molar-refractivity contribution in [1.82, 2.24) is 5.32 Å². The van der Waals surface area contributed by atoms with Gasteiger partial charge in [0.1, 0.15) is 5.82 Å². The third kappa shape index (κ3) is 2.57. The van der Waals surface area contributed by atoms with Gasteiger partial charge in [-0.1, -0.05) is 12.1 Å². The van der Waals surface area contributed by atoms with Crippen molar-refractivity contribution >= 4 is 0 Å². The summed E-state index contributed by atoms with van der Waals surface area (Å²) in [5, 5.41) is 3.57. The van der Waals surface area contributed by atoms with Crippen molar-refractivity contribution in [1.29, 1.82) is 0 Å². The van der Waals surface area contributed by atoms with Gasteiger partial charge >= 0.3 is 0 Å². The minimum atomic E-state index is -0.141. The summed E-state index contributed by atoms with van der Waals surface area (Å²) in [5.74, 6) is -0.141. The molecule has 0 amide bonds. The van der Waals surface area contributed by atoms with E-state index in [-0.39, 0.29) is 11.4 Å². The number of nitrogens with one attached hydrogen (secondary N) is 1. The smallest absolute Gasteiger partial charge is 0.123 e. The Bertz CT molecular complexity index is 346. The number of piperidine rings is 1. The zero-order valence-corrected chi connectivity index (χ0v) is 9.39. The van der Waals surface area contributed by atoms with Crippen LogP contribution < -0.4 is 5.32 Å². The van der Waals surface area contributed by atoms with E-state index in [4.69, 9.17) is 0 Å². The van der Waals surface area contributed by atoms with Gasteiger partial charge in [0.15, 0.2) is 0 Å². The highest BCUT2D eigenvalue weighted by molar-refractivity contribution is 5.21. The van der Waals surface area contributed by atoms with E-state index in [2.05, 4.69) is 19.2 Å². The number of rotatable bonds is 1. The van der Waals surface area contributed by atoms with Crippen molar-refractivity contribution in [3.8, 4) is 0 Å². The molecule has 2 rings (SSSR count). The van der Waals surface area contributed by atoms with Crippen LogP contribution in [0.4, 0.5) is 4.39 Å². The van der Waals surface area contributed by atoms with Gasteiger partial charge in [-0.25, -0.2) is 4.39 Å². The minimum Gasteiger partial charge on any atom is -0.305 e. The Morgan fingerprint density at radius 1 is 1.40 bits per heavy atom. The Morgan fingerprint density at radius 2 is 2.20 bits per heavy atom. The second-order valence-electron chi connectivity index (χ2n) is 5.03. The summed E-state index contributed by atoms with van der Waals surface area (Å²) < 4.78 is 13.1. The summed E-state index contributed by atoms with van der Waals surface area (Å²) >= 11 is 0. The maximum atomic E-state index is 13.1. The fourth-order valence-corrected chi connectivity index (χ4v) is 2.34. The summed E-state index contributed by atoms with van der Waals surface area (Å²) in [6, 6.07) is 7.23. The molecule has 1 fully saturated rings. The first-order valence-corrected chi connectivity index (χ1v) is 5.60. The molecule has 1 heterocycles. The minimum absolute atomic E-state index is 0.141. The Labute approximate surface area is 90.7 Å². The quantitative estimate of drug-likeness (QED) is 0.744. The van der Waals surface area contributed by atoms with Crippen LogP contribution in [0.3, 0.4) is 0 Å². The van der Waals surface area contributed by atoms with Crippen LogP contribution in [0.15, 0.2) is 24.3 Å². The lowest BCUT2D eigenvalue weighted by Crippen LogP contribution is -2.44. The monoisotopic (exact) mass is 207 g/mol. The molecule has 0 aliphatic carbocycles. The first-order valence-electron chi connectivity index (χ1n) is 5.60. The number of hydrogen-bond acceptors (Lipinski definition) is 1. The second-order valence-corrected chi connectivity index (χ2v) is 5.03. The fraction of sp³-hybridized carbons (Fsp3) is 0.538. The molecule has 1 aromatic carbocycles. The molecule has 1 N–H and O–H groups in total. The largest absolute Gasteiger partial charge is 0.305 e. The van der Waals surface area contributed by atoms with Gasteiger partial charge in [-0.05, 0) is 50.8 Å². The molecule has 1 aliphatic rings. The second kappa shape index (κ2) is 3.93. The molecule has 1 unspecified atom stereocenters. The standard InChI is InChI=1S/C13H18FN/c1-13(2)8-4-7-12(15-13)10-5-3-6-11(14)9-10/h3,5-6,9,12,15H,4,7-8H2,1-2H3. The van der Waals surface area contributed by atoms with E-state index in [9.17, 15) is 4.39 Å². The van der Waals surface area contributed by atoms with E-state index < -0.39 is 0 Å². The van der Waals surface area contributed by atoms with E-state index >= 15 is 0 Å². The summed E-state index contributed by atoms with van der Waals surface area (Å²) in [6.45, 7) is 4.41. The molecule has 0 aromatic heterocycles. The van der Waals surface area contributed by atoms with Gasteiger partial charge in [-0.3, -0.25) is 0 Å². The highest BCUT2D eigenvalue weighted by Gasteiger charge is 2.27. The van der Waals surface area contributed by atoms with Crippen molar-refractivity contribution in [2.24, 2.45) is 0 Å². The lowest BCUT2D eigenvalue weighted by atomic mass is 9.86. The van der Waals surface area contributed by atoms with E-state index in [1.165, 1.54) is 18.9 Å². The van der Waals surface area contributed by atoms with Crippen molar-refractivity contribution in [2.45, 2.75) is 44.7 Å². The van der Waals surface area contributed by atoms with Crippen LogP contribution in [-0.4, -0.2) is 5.54 Å². The Hall–Kier alpha value is -0.890. The van der Waals surface area contributed by atoms with Gasteiger partial charge in [0.25, 0.3) is 0 Å². The first-order chi connectivity index (χ1) is 7.07. The molecule has 0 spiro atoms. The lowest BCUT2D eigenvalue weighted by Gasteiger charge is -2.37. The van der Waals surface area contributed by atoms with Crippen molar-refractivity contribution in [2.75, 3.05) is 0 Å². The maximum Gasteiger partial charge on any atom is 0.123 e. The normalized spacial score (nSPS) is 25.1. The molecule has 15 heavy (non-hydrogen) atoms. The molecule has 1 saturated heterocycles.